The first-order valence-electron chi connectivity index (χ1n) is 17.3. The molecule has 3 amide bonds. The first-order valence-corrected chi connectivity index (χ1v) is 17.3. The van der Waals surface area contributed by atoms with E-state index in [1.54, 1.807) is 30.3 Å². The number of fused-ring (bicyclic) bond motifs is 2. The van der Waals surface area contributed by atoms with Crippen LogP contribution in [0.5, 0.6) is 11.5 Å². The smallest absolute Gasteiger partial charge is 0.407 e. The number of carbonyl (C=O) groups is 3. The average Bonchev–Trinajstić information content (AvgIpc) is 3.17. The van der Waals surface area contributed by atoms with Crippen LogP contribution in [0.15, 0.2) is 72.8 Å². The number of alkyl carbamates (subject to hydrolysis) is 1. The molecule has 0 aromatic heterocycles. The molecule has 6 N–H and O–H groups in total. The number of ether oxygens (including phenoxy) is 3. The third-order valence-corrected chi connectivity index (χ3v) is 7.99. The van der Waals surface area contributed by atoms with Crippen LogP contribution in [0.4, 0.5) is 33.7 Å². The number of para-hydroxylation sites is 2. The molecule has 0 radical (unpaired) electrons. The number of aliphatic hydroxyl groups excluding tert-OH is 1. The maximum absolute atomic E-state index is 13.4. The lowest BCUT2D eigenvalue weighted by molar-refractivity contribution is 0.101. The lowest BCUT2D eigenvalue weighted by Crippen LogP contribution is -2.33. The van der Waals surface area contributed by atoms with Crippen molar-refractivity contribution in [2.45, 2.75) is 59.0 Å². The Kier molecular flexibility index (Phi) is 19.1. The Bertz CT molecular complexity index is 1940. The van der Waals surface area contributed by atoms with Gasteiger partial charge in [-0.15, -0.1) is 12.4 Å². The average molecular weight is 807 g/mol. The predicted octanol–water partition coefficient (Wildman–Crippen LogP) is 8.62. The van der Waals surface area contributed by atoms with Crippen molar-refractivity contribution in [1.29, 1.82) is 0 Å². The molecule has 16 heteroatoms. The summed E-state index contributed by atoms with van der Waals surface area (Å²) in [7, 11) is 0. The van der Waals surface area contributed by atoms with E-state index in [1.807, 2.05) is 19.9 Å². The Morgan fingerprint density at radius 3 is 1.71 bits per heavy atom. The zero-order valence-corrected chi connectivity index (χ0v) is 31.0. The van der Waals surface area contributed by atoms with Gasteiger partial charge in [0, 0.05) is 60.1 Å². The molecule has 304 valence electrons. The summed E-state index contributed by atoms with van der Waals surface area (Å²) in [5, 5.41) is 15.7. The maximum Gasteiger partial charge on any atom is 0.407 e. The Balaban J connectivity index is 0.000000349. The second-order valence-corrected chi connectivity index (χ2v) is 12.1. The lowest BCUT2D eigenvalue weighted by atomic mass is 9.97. The van der Waals surface area contributed by atoms with Gasteiger partial charge < -0.3 is 41.0 Å². The fourth-order valence-corrected chi connectivity index (χ4v) is 5.31. The number of anilines is 2. The molecule has 0 fully saturated rings. The van der Waals surface area contributed by atoms with E-state index in [-0.39, 0.29) is 48.9 Å². The van der Waals surface area contributed by atoms with Crippen LogP contribution in [0.2, 0.25) is 0 Å². The Hall–Kier alpha value is -5.38. The number of aliphatic hydroxyl groups is 1. The fraction of sp³-hybridized carbons (Fsp3) is 0.325. The van der Waals surface area contributed by atoms with Crippen LogP contribution in [-0.4, -0.2) is 49.4 Å². The standard InChI is InChI=1S/C20H20F2N2O4.C16H14F2N2O2.C3H8O.CH4.ClH/c1-2-9-28-20(26)24-17-8-10-27-18-13(17)4-3-5-14(18)19(25)23-12-6-7-15(21)16(22)11-12;17-12-5-4-9(8-13(12)18)20-16(21)11-3-1-2-10-14(19)6-7-22-15(10)11;1-2-3-4;;/h3-7,11,17H,2,8-10H2,1H3,(H,23,25)(H,24,26);1-5,8,14H,6-7,19H2,(H,20,21);4H,2-3H2,1H3;1H4;1H. The van der Waals surface area contributed by atoms with Gasteiger partial charge in [-0.3, -0.25) is 9.59 Å². The Morgan fingerprint density at radius 2 is 1.23 bits per heavy atom. The van der Waals surface area contributed by atoms with Gasteiger partial charge in [0.2, 0.25) is 0 Å². The summed E-state index contributed by atoms with van der Waals surface area (Å²) in [5.41, 5.74) is 8.26. The summed E-state index contributed by atoms with van der Waals surface area (Å²) in [6.07, 6.45) is 2.27. The molecular formula is C40H47ClF4N4O7. The van der Waals surface area contributed by atoms with Gasteiger partial charge in [-0.1, -0.05) is 45.5 Å². The van der Waals surface area contributed by atoms with Crippen molar-refractivity contribution in [3.8, 4) is 11.5 Å². The van der Waals surface area contributed by atoms with E-state index in [0.717, 1.165) is 36.2 Å². The highest BCUT2D eigenvalue weighted by molar-refractivity contribution is 6.07. The third kappa shape index (κ3) is 12.6. The van der Waals surface area contributed by atoms with Crippen LogP contribution in [0.3, 0.4) is 0 Å². The minimum Gasteiger partial charge on any atom is -0.492 e. The second kappa shape index (κ2) is 22.9. The summed E-state index contributed by atoms with van der Waals surface area (Å²) >= 11 is 0. The van der Waals surface area contributed by atoms with Gasteiger partial charge >= 0.3 is 6.09 Å². The van der Waals surface area contributed by atoms with E-state index < -0.39 is 41.2 Å². The van der Waals surface area contributed by atoms with Crippen molar-refractivity contribution in [3.63, 3.8) is 0 Å². The van der Waals surface area contributed by atoms with Gasteiger partial charge in [0.1, 0.15) is 11.5 Å². The van der Waals surface area contributed by atoms with Crippen LogP contribution in [0.25, 0.3) is 0 Å². The number of benzene rings is 4. The number of carbonyl (C=O) groups excluding carboxylic acids is 3. The number of hydrogen-bond acceptors (Lipinski definition) is 8. The minimum atomic E-state index is -1.06. The molecule has 2 heterocycles. The molecule has 11 nitrogen and oxygen atoms in total. The molecule has 2 aliphatic heterocycles. The highest BCUT2D eigenvalue weighted by Gasteiger charge is 2.28. The first-order chi connectivity index (χ1) is 26.0. The van der Waals surface area contributed by atoms with E-state index in [9.17, 15) is 31.9 Å². The molecule has 6 rings (SSSR count). The molecule has 0 bridgehead atoms. The number of nitrogens with one attached hydrogen (secondary N) is 3. The molecule has 4 aromatic rings. The summed E-state index contributed by atoms with van der Waals surface area (Å²) in [6, 6.07) is 15.9. The SMILES string of the molecule is C.CCCO.CCCOC(=O)NC1CCOc2c(C(=O)Nc3ccc(F)c(F)c3)cccc21.Cl.NC1CCOc2c(C(=O)Nc3ccc(F)c(F)c3)cccc21. The molecule has 4 aromatic carbocycles. The topological polar surface area (TPSA) is 161 Å². The van der Waals surface area contributed by atoms with Gasteiger partial charge in [0.25, 0.3) is 11.8 Å². The van der Waals surface area contributed by atoms with Crippen molar-refractivity contribution in [2.24, 2.45) is 5.73 Å². The molecule has 2 aliphatic rings. The van der Waals surface area contributed by atoms with E-state index in [0.29, 0.717) is 68.3 Å². The molecule has 2 unspecified atom stereocenters. The first kappa shape index (κ1) is 46.8. The minimum absolute atomic E-state index is 0. The van der Waals surface area contributed by atoms with E-state index in [4.69, 9.17) is 25.1 Å². The monoisotopic (exact) mass is 806 g/mol. The van der Waals surface area contributed by atoms with Crippen molar-refractivity contribution >= 4 is 41.7 Å². The molecule has 56 heavy (non-hydrogen) atoms. The van der Waals surface area contributed by atoms with E-state index in [2.05, 4.69) is 16.0 Å². The van der Waals surface area contributed by atoms with E-state index in [1.165, 1.54) is 12.1 Å². The Labute approximate surface area is 329 Å². The number of amides is 3. The van der Waals surface area contributed by atoms with Crippen molar-refractivity contribution < 1.29 is 51.3 Å². The normalized spacial score (nSPS) is 14.6. The van der Waals surface area contributed by atoms with Gasteiger partial charge in [0.15, 0.2) is 23.3 Å². The Morgan fingerprint density at radius 1 is 0.750 bits per heavy atom. The molecule has 0 saturated heterocycles. The summed E-state index contributed by atoms with van der Waals surface area (Å²) in [6.45, 7) is 5.21. The van der Waals surface area contributed by atoms with Gasteiger partial charge in [-0.05, 0) is 49.2 Å². The number of hydrogen-bond donors (Lipinski definition) is 5. The molecular weight excluding hydrogens is 760 g/mol. The summed E-state index contributed by atoms with van der Waals surface area (Å²) in [5.74, 6) is -4.25. The summed E-state index contributed by atoms with van der Waals surface area (Å²) in [4.78, 5) is 36.9. The molecule has 0 saturated carbocycles. The number of halogens is 5. The molecule has 0 aliphatic carbocycles. The van der Waals surface area contributed by atoms with E-state index >= 15 is 0 Å². The largest absolute Gasteiger partial charge is 0.492 e. The van der Waals surface area contributed by atoms with Crippen LogP contribution in [0.1, 0.15) is 90.9 Å². The quantitative estimate of drug-likeness (QED) is 0.111. The summed E-state index contributed by atoms with van der Waals surface area (Å²) < 4.78 is 68.8. The van der Waals surface area contributed by atoms with Crippen molar-refractivity contribution in [1.82, 2.24) is 5.32 Å². The van der Waals surface area contributed by atoms with Crippen molar-refractivity contribution in [2.75, 3.05) is 37.1 Å². The van der Waals surface area contributed by atoms with Gasteiger partial charge in [-0.25, -0.2) is 22.4 Å². The molecule has 2 atom stereocenters. The van der Waals surface area contributed by atoms with Crippen LogP contribution in [0, 0.1) is 23.3 Å². The van der Waals surface area contributed by atoms with Crippen LogP contribution in [-0.2, 0) is 4.74 Å². The zero-order valence-electron chi connectivity index (χ0n) is 30.1. The second-order valence-electron chi connectivity index (χ2n) is 12.1. The zero-order chi connectivity index (χ0) is 39.2. The lowest BCUT2D eigenvalue weighted by Gasteiger charge is -2.27. The highest BCUT2D eigenvalue weighted by Crippen LogP contribution is 2.36. The van der Waals surface area contributed by atoms with Gasteiger partial charge in [-0.2, -0.15) is 0 Å². The maximum atomic E-state index is 13.4. The van der Waals surface area contributed by atoms with Gasteiger partial charge in [0.05, 0.1) is 37.0 Å². The fourth-order valence-electron chi connectivity index (χ4n) is 5.31. The number of rotatable bonds is 8. The third-order valence-electron chi connectivity index (χ3n) is 7.99. The van der Waals surface area contributed by atoms with Crippen LogP contribution >= 0.6 is 12.4 Å². The highest BCUT2D eigenvalue weighted by atomic mass is 35.5. The van der Waals surface area contributed by atoms with Crippen LogP contribution < -0.4 is 31.2 Å². The van der Waals surface area contributed by atoms with Crippen molar-refractivity contribution in [3.05, 3.63) is 118 Å². The predicted molar refractivity (Wildman–Crippen MR) is 208 cm³/mol. The number of nitrogens with two attached hydrogens (primary N) is 1. The molecule has 0 spiro atoms.